The zero-order chi connectivity index (χ0) is 14.4. The summed E-state index contributed by atoms with van der Waals surface area (Å²) >= 11 is 0. The Morgan fingerprint density at radius 2 is 1.95 bits per heavy atom. The summed E-state index contributed by atoms with van der Waals surface area (Å²) in [6.07, 6.45) is 0. The van der Waals surface area contributed by atoms with E-state index in [0.717, 1.165) is 0 Å². The number of carbonyl (C=O) groups is 2. The molecule has 0 aliphatic carbocycles. The predicted molar refractivity (Wildman–Crippen MR) is 68.0 cm³/mol. The zero-order valence-electron chi connectivity index (χ0n) is 10.8. The Morgan fingerprint density at radius 3 is 2.47 bits per heavy atom. The Labute approximate surface area is 111 Å². The van der Waals surface area contributed by atoms with Crippen LogP contribution in [-0.4, -0.2) is 34.7 Å². The molecule has 0 fully saturated rings. The number of ether oxygens (including phenoxy) is 1. The number of carboxylic acids is 1. The highest BCUT2D eigenvalue weighted by Gasteiger charge is 2.23. The average Bonchev–Trinajstić information content (AvgIpc) is 2.34. The molecule has 1 atom stereocenters. The molecule has 0 aliphatic heterocycles. The van der Waals surface area contributed by atoms with Crippen molar-refractivity contribution in [2.75, 3.05) is 6.61 Å². The van der Waals surface area contributed by atoms with Crippen molar-refractivity contribution in [3.63, 3.8) is 0 Å². The number of benzene rings is 1. The summed E-state index contributed by atoms with van der Waals surface area (Å²) in [7, 11) is 0. The molecule has 104 valence electrons. The third kappa shape index (κ3) is 4.50. The average molecular weight is 267 g/mol. The van der Waals surface area contributed by atoms with E-state index in [9.17, 15) is 14.7 Å². The zero-order valence-corrected chi connectivity index (χ0v) is 10.8. The van der Waals surface area contributed by atoms with Gasteiger partial charge < -0.3 is 20.3 Å². The minimum atomic E-state index is -1.09. The van der Waals surface area contributed by atoms with Crippen molar-refractivity contribution >= 4 is 11.9 Å². The number of rotatable bonds is 6. The van der Waals surface area contributed by atoms with E-state index in [0.29, 0.717) is 0 Å². The van der Waals surface area contributed by atoms with Gasteiger partial charge in [-0.05, 0) is 18.1 Å². The van der Waals surface area contributed by atoms with Gasteiger partial charge in [0.1, 0.15) is 6.04 Å². The highest BCUT2D eigenvalue weighted by Crippen LogP contribution is 2.23. The maximum absolute atomic E-state index is 11.6. The lowest BCUT2D eigenvalue weighted by atomic mass is 10.1. The van der Waals surface area contributed by atoms with Crippen LogP contribution in [-0.2, 0) is 9.59 Å². The maximum atomic E-state index is 11.6. The Kier molecular flexibility index (Phi) is 5.17. The molecule has 0 heterocycles. The third-order valence-electron chi connectivity index (χ3n) is 2.47. The van der Waals surface area contributed by atoms with Crippen LogP contribution in [0.1, 0.15) is 13.8 Å². The second-order valence-corrected chi connectivity index (χ2v) is 4.38. The van der Waals surface area contributed by atoms with Crippen molar-refractivity contribution in [2.45, 2.75) is 19.9 Å². The van der Waals surface area contributed by atoms with E-state index in [4.69, 9.17) is 9.84 Å². The SMILES string of the molecule is CC(C)[C@@H](NC(=O)COc1ccccc1O)C(=O)O. The maximum Gasteiger partial charge on any atom is 0.326 e. The summed E-state index contributed by atoms with van der Waals surface area (Å²) in [5.41, 5.74) is 0. The van der Waals surface area contributed by atoms with Crippen LogP contribution in [0.25, 0.3) is 0 Å². The van der Waals surface area contributed by atoms with Crippen LogP contribution >= 0.6 is 0 Å². The van der Waals surface area contributed by atoms with Crippen LogP contribution in [0.15, 0.2) is 24.3 Å². The van der Waals surface area contributed by atoms with E-state index in [1.165, 1.54) is 12.1 Å². The minimum absolute atomic E-state index is 0.0751. The minimum Gasteiger partial charge on any atom is -0.504 e. The van der Waals surface area contributed by atoms with Gasteiger partial charge in [-0.15, -0.1) is 0 Å². The van der Waals surface area contributed by atoms with Gasteiger partial charge in [-0.1, -0.05) is 26.0 Å². The number of phenolic OH excluding ortho intramolecular Hbond substituents is 1. The van der Waals surface area contributed by atoms with Gasteiger partial charge in [-0.3, -0.25) is 4.79 Å². The number of amides is 1. The standard InChI is InChI=1S/C13H17NO5/c1-8(2)12(13(17)18)14-11(16)7-19-10-6-4-3-5-9(10)15/h3-6,8,12,15H,7H2,1-2H3,(H,14,16)(H,17,18)/t12-/m1/s1. The van der Waals surface area contributed by atoms with Gasteiger partial charge >= 0.3 is 5.97 Å². The van der Waals surface area contributed by atoms with Gasteiger partial charge in [0.05, 0.1) is 0 Å². The molecule has 1 aromatic rings. The normalized spacial score (nSPS) is 11.9. The topological polar surface area (TPSA) is 95.9 Å². The van der Waals surface area contributed by atoms with Crippen LogP contribution in [0.3, 0.4) is 0 Å². The molecule has 0 aliphatic rings. The van der Waals surface area contributed by atoms with Gasteiger partial charge in [0.2, 0.25) is 0 Å². The van der Waals surface area contributed by atoms with Crippen molar-refractivity contribution < 1.29 is 24.5 Å². The van der Waals surface area contributed by atoms with Gasteiger partial charge in [0.25, 0.3) is 5.91 Å². The molecule has 1 aromatic carbocycles. The second-order valence-electron chi connectivity index (χ2n) is 4.38. The van der Waals surface area contributed by atoms with Crippen LogP contribution in [0, 0.1) is 5.92 Å². The molecule has 19 heavy (non-hydrogen) atoms. The van der Waals surface area contributed by atoms with Crippen LogP contribution < -0.4 is 10.1 Å². The van der Waals surface area contributed by atoms with Crippen molar-refractivity contribution in [2.24, 2.45) is 5.92 Å². The van der Waals surface area contributed by atoms with E-state index >= 15 is 0 Å². The molecule has 0 aromatic heterocycles. The summed E-state index contributed by atoms with van der Waals surface area (Å²) in [6.45, 7) is 3.04. The van der Waals surface area contributed by atoms with E-state index < -0.39 is 17.9 Å². The monoisotopic (exact) mass is 267 g/mol. The highest BCUT2D eigenvalue weighted by molar-refractivity contribution is 5.84. The fourth-order valence-electron chi connectivity index (χ4n) is 1.45. The van der Waals surface area contributed by atoms with Crippen LogP contribution in [0.5, 0.6) is 11.5 Å². The summed E-state index contributed by atoms with van der Waals surface area (Å²) in [5, 5.41) is 20.7. The first-order valence-electron chi connectivity index (χ1n) is 5.84. The summed E-state index contributed by atoms with van der Waals surface area (Å²) < 4.78 is 5.10. The summed E-state index contributed by atoms with van der Waals surface area (Å²) in [4.78, 5) is 22.5. The van der Waals surface area contributed by atoms with Crippen LogP contribution in [0.4, 0.5) is 0 Å². The van der Waals surface area contributed by atoms with Gasteiger partial charge in [0.15, 0.2) is 18.1 Å². The first-order chi connectivity index (χ1) is 8.91. The number of aromatic hydroxyl groups is 1. The predicted octanol–water partition coefficient (Wildman–Crippen LogP) is 0.996. The highest BCUT2D eigenvalue weighted by atomic mass is 16.5. The largest absolute Gasteiger partial charge is 0.504 e. The summed E-state index contributed by atoms with van der Waals surface area (Å²) in [5.74, 6) is -1.77. The Bertz CT molecular complexity index is 458. The Balaban J connectivity index is 2.52. The van der Waals surface area contributed by atoms with E-state index in [2.05, 4.69) is 5.32 Å². The summed E-state index contributed by atoms with van der Waals surface area (Å²) in [6, 6.07) is 5.27. The molecule has 0 unspecified atom stereocenters. The first-order valence-corrected chi connectivity index (χ1v) is 5.84. The third-order valence-corrected chi connectivity index (χ3v) is 2.47. The molecule has 0 spiro atoms. The van der Waals surface area contributed by atoms with Gasteiger partial charge in [-0.25, -0.2) is 4.79 Å². The van der Waals surface area contributed by atoms with Gasteiger partial charge in [-0.2, -0.15) is 0 Å². The molecule has 0 bridgehead atoms. The van der Waals surface area contributed by atoms with E-state index in [-0.39, 0.29) is 24.0 Å². The number of carbonyl (C=O) groups excluding carboxylic acids is 1. The molecule has 1 rings (SSSR count). The van der Waals surface area contributed by atoms with Crippen molar-refractivity contribution in [3.05, 3.63) is 24.3 Å². The quantitative estimate of drug-likeness (QED) is 0.714. The molecule has 0 saturated carbocycles. The van der Waals surface area contributed by atoms with E-state index in [1.54, 1.807) is 26.0 Å². The lowest BCUT2D eigenvalue weighted by molar-refractivity contribution is -0.143. The number of para-hydroxylation sites is 2. The smallest absolute Gasteiger partial charge is 0.326 e. The lowest BCUT2D eigenvalue weighted by Gasteiger charge is -2.18. The van der Waals surface area contributed by atoms with Crippen molar-refractivity contribution in [1.29, 1.82) is 0 Å². The fraction of sp³-hybridized carbons (Fsp3) is 0.385. The number of aliphatic carboxylic acids is 1. The van der Waals surface area contributed by atoms with Crippen LogP contribution in [0.2, 0.25) is 0 Å². The Morgan fingerprint density at radius 1 is 1.32 bits per heavy atom. The van der Waals surface area contributed by atoms with Gasteiger partial charge in [0, 0.05) is 0 Å². The molecule has 0 saturated heterocycles. The first kappa shape index (κ1) is 14.8. The number of nitrogens with one attached hydrogen (secondary N) is 1. The molecule has 6 heteroatoms. The molecule has 3 N–H and O–H groups in total. The molecule has 1 amide bonds. The van der Waals surface area contributed by atoms with Crippen molar-refractivity contribution in [3.8, 4) is 11.5 Å². The number of carboxylic acid groups (broad SMARTS) is 1. The molecular formula is C13H17NO5. The lowest BCUT2D eigenvalue weighted by Crippen LogP contribution is -2.46. The number of hydrogen-bond acceptors (Lipinski definition) is 4. The Hall–Kier alpha value is -2.24. The second kappa shape index (κ2) is 6.63. The van der Waals surface area contributed by atoms with Crippen molar-refractivity contribution in [1.82, 2.24) is 5.32 Å². The number of hydrogen-bond donors (Lipinski definition) is 3. The fourth-order valence-corrected chi connectivity index (χ4v) is 1.45. The number of phenols is 1. The molecular weight excluding hydrogens is 250 g/mol. The van der Waals surface area contributed by atoms with E-state index in [1.807, 2.05) is 0 Å². The molecule has 0 radical (unpaired) electrons. The molecule has 6 nitrogen and oxygen atoms in total.